The number of rotatable bonds is 4. The number of hydrogen-bond acceptors (Lipinski definition) is 4. The zero-order valence-electron chi connectivity index (χ0n) is 12.6. The third-order valence-electron chi connectivity index (χ3n) is 2.88. The van der Waals surface area contributed by atoms with E-state index in [-0.39, 0.29) is 22.0 Å². The molecule has 0 atom stereocenters. The van der Waals surface area contributed by atoms with Gasteiger partial charge in [-0.3, -0.25) is 4.79 Å². The van der Waals surface area contributed by atoms with Crippen LogP contribution in [0.1, 0.15) is 10.4 Å². The first kappa shape index (κ1) is 17.8. The molecule has 0 fully saturated rings. The van der Waals surface area contributed by atoms with Crippen LogP contribution in [0.4, 0.5) is 0 Å². The molecule has 7 nitrogen and oxygen atoms in total. The van der Waals surface area contributed by atoms with Gasteiger partial charge in [-0.05, 0) is 30.3 Å². The highest BCUT2D eigenvalue weighted by atomic mass is 35.5. The van der Waals surface area contributed by atoms with Crippen molar-refractivity contribution < 1.29 is 17.9 Å². The summed E-state index contributed by atoms with van der Waals surface area (Å²) in [5, 5.41) is 0.317. The van der Waals surface area contributed by atoms with Crippen molar-refractivity contribution in [2.45, 2.75) is 4.90 Å². The number of sulfone groups is 1. The van der Waals surface area contributed by atoms with Crippen LogP contribution in [0.25, 0.3) is 0 Å². The molecule has 0 unspecified atom stereocenters. The second kappa shape index (κ2) is 6.90. The van der Waals surface area contributed by atoms with Gasteiger partial charge in [0.1, 0.15) is 16.4 Å². The number of nitrogens with zero attached hydrogens (tertiary/aromatic N) is 1. The Balaban J connectivity index is 2.51. The van der Waals surface area contributed by atoms with Crippen LogP contribution in [0.3, 0.4) is 0 Å². The molecule has 0 radical (unpaired) electrons. The molecule has 4 N–H and O–H groups in total. The summed E-state index contributed by atoms with van der Waals surface area (Å²) in [6.45, 7) is 0. The van der Waals surface area contributed by atoms with Crippen LogP contribution in [-0.2, 0) is 9.84 Å². The molecule has 9 heteroatoms. The molecule has 24 heavy (non-hydrogen) atoms. The summed E-state index contributed by atoms with van der Waals surface area (Å²) < 4.78 is 29.6. The summed E-state index contributed by atoms with van der Waals surface area (Å²) in [4.78, 5) is 15.0. The first-order valence-corrected chi connectivity index (χ1v) is 8.86. The lowest BCUT2D eigenvalue weighted by Gasteiger charge is -2.12. The van der Waals surface area contributed by atoms with Gasteiger partial charge in [0.05, 0.1) is 5.02 Å². The van der Waals surface area contributed by atoms with Gasteiger partial charge in [-0.1, -0.05) is 23.7 Å². The topological polar surface area (TPSA) is 125 Å². The Hall–Kier alpha value is -2.58. The van der Waals surface area contributed by atoms with Crippen molar-refractivity contribution in [2.24, 2.45) is 16.5 Å². The second-order valence-electron chi connectivity index (χ2n) is 4.81. The van der Waals surface area contributed by atoms with Gasteiger partial charge in [0, 0.05) is 11.8 Å². The molecular formula is C15H14ClN3O4S. The Kier molecular flexibility index (Phi) is 5.10. The minimum Gasteiger partial charge on any atom is -0.454 e. The number of ether oxygens (including phenoxy) is 1. The summed E-state index contributed by atoms with van der Waals surface area (Å²) >= 11 is 6.01. The highest BCUT2D eigenvalue weighted by Crippen LogP contribution is 2.33. The second-order valence-corrected chi connectivity index (χ2v) is 7.20. The summed E-state index contributed by atoms with van der Waals surface area (Å²) in [5.74, 6) is -0.860. The maximum absolute atomic E-state index is 12.0. The van der Waals surface area contributed by atoms with Crippen LogP contribution in [0, 0.1) is 0 Å². The number of para-hydroxylation sites is 1. The molecule has 1 amide bonds. The van der Waals surface area contributed by atoms with Gasteiger partial charge in [-0.2, -0.15) is 4.99 Å². The molecular weight excluding hydrogens is 354 g/mol. The first-order chi connectivity index (χ1) is 11.2. The fourth-order valence-electron chi connectivity index (χ4n) is 1.84. The van der Waals surface area contributed by atoms with Crippen molar-refractivity contribution >= 4 is 33.3 Å². The molecule has 0 heterocycles. The molecule has 0 aliphatic carbocycles. The van der Waals surface area contributed by atoms with E-state index in [1.54, 1.807) is 24.3 Å². The zero-order chi connectivity index (χ0) is 17.9. The third-order valence-corrected chi connectivity index (χ3v) is 4.31. The number of guanidine groups is 1. The first-order valence-electron chi connectivity index (χ1n) is 6.59. The largest absolute Gasteiger partial charge is 0.454 e. The van der Waals surface area contributed by atoms with E-state index in [0.717, 1.165) is 12.3 Å². The van der Waals surface area contributed by atoms with Gasteiger partial charge >= 0.3 is 0 Å². The number of halogens is 1. The molecule has 0 saturated heterocycles. The maximum atomic E-state index is 12.0. The molecule has 0 bridgehead atoms. The van der Waals surface area contributed by atoms with Crippen molar-refractivity contribution in [2.75, 3.05) is 6.26 Å². The Labute approximate surface area is 143 Å². The number of benzene rings is 2. The van der Waals surface area contributed by atoms with Crippen LogP contribution in [0.2, 0.25) is 5.02 Å². The minimum atomic E-state index is -3.68. The fourth-order valence-corrected chi connectivity index (χ4v) is 2.83. The van der Waals surface area contributed by atoms with Crippen molar-refractivity contribution in [3.05, 3.63) is 53.1 Å². The van der Waals surface area contributed by atoms with Gasteiger partial charge < -0.3 is 16.2 Å². The molecule has 2 aromatic carbocycles. The lowest BCUT2D eigenvalue weighted by molar-refractivity contribution is 0.100. The molecule has 126 valence electrons. The van der Waals surface area contributed by atoms with E-state index in [9.17, 15) is 13.2 Å². The number of aliphatic imine (C=N–C) groups is 1. The number of hydrogen-bond donors (Lipinski definition) is 2. The van der Waals surface area contributed by atoms with Gasteiger partial charge in [-0.25, -0.2) is 8.42 Å². The molecule has 0 aliphatic rings. The standard InChI is InChI=1S/C15H14ClN3O4S/c1-24(21,22)13-8-9(14(20)19-15(17)18)6-7-12(13)23-11-5-3-2-4-10(11)16/h2-8H,1H3,(H4,17,18,19,20). The predicted octanol–water partition coefficient (Wildman–Crippen LogP) is 1.95. The van der Waals surface area contributed by atoms with Crippen molar-refractivity contribution in [3.8, 4) is 11.5 Å². The van der Waals surface area contributed by atoms with E-state index >= 15 is 0 Å². The van der Waals surface area contributed by atoms with Crippen LogP contribution in [0.15, 0.2) is 52.4 Å². The average molecular weight is 368 g/mol. The van der Waals surface area contributed by atoms with Crippen LogP contribution in [-0.4, -0.2) is 26.5 Å². The predicted molar refractivity (Wildman–Crippen MR) is 91.2 cm³/mol. The van der Waals surface area contributed by atoms with Gasteiger partial charge in [-0.15, -0.1) is 0 Å². The van der Waals surface area contributed by atoms with Gasteiger partial charge in [0.2, 0.25) is 0 Å². The van der Waals surface area contributed by atoms with Crippen LogP contribution < -0.4 is 16.2 Å². The molecule has 0 saturated carbocycles. The zero-order valence-corrected chi connectivity index (χ0v) is 14.1. The normalized spacial score (nSPS) is 10.9. The van der Waals surface area contributed by atoms with E-state index in [0.29, 0.717) is 5.02 Å². The van der Waals surface area contributed by atoms with Crippen molar-refractivity contribution in [3.63, 3.8) is 0 Å². The highest BCUT2D eigenvalue weighted by Gasteiger charge is 2.19. The SMILES string of the molecule is CS(=O)(=O)c1cc(C(=O)N=C(N)N)ccc1Oc1ccccc1Cl. The monoisotopic (exact) mass is 367 g/mol. The average Bonchev–Trinajstić information content (AvgIpc) is 2.48. The highest BCUT2D eigenvalue weighted by molar-refractivity contribution is 7.90. The minimum absolute atomic E-state index is 0.00957. The Morgan fingerprint density at radius 3 is 2.38 bits per heavy atom. The smallest absolute Gasteiger partial charge is 0.280 e. The van der Waals surface area contributed by atoms with E-state index in [1.165, 1.54) is 12.1 Å². The number of carbonyl (C=O) groups excluding carboxylic acids is 1. The summed E-state index contributed by atoms with van der Waals surface area (Å²) in [5.41, 5.74) is 10.3. The molecule has 0 aliphatic heterocycles. The van der Waals surface area contributed by atoms with E-state index < -0.39 is 21.7 Å². The van der Waals surface area contributed by atoms with Gasteiger partial charge in [0.25, 0.3) is 5.91 Å². The van der Waals surface area contributed by atoms with Crippen molar-refractivity contribution in [1.82, 2.24) is 0 Å². The van der Waals surface area contributed by atoms with Crippen molar-refractivity contribution in [1.29, 1.82) is 0 Å². The quantitative estimate of drug-likeness (QED) is 0.628. The van der Waals surface area contributed by atoms with E-state index in [4.69, 9.17) is 27.8 Å². The maximum Gasteiger partial charge on any atom is 0.280 e. The Bertz CT molecular complexity index is 922. The fraction of sp³-hybridized carbons (Fsp3) is 0.0667. The lowest BCUT2D eigenvalue weighted by Crippen LogP contribution is -2.24. The number of amides is 1. The number of carbonyl (C=O) groups is 1. The van der Waals surface area contributed by atoms with Gasteiger partial charge in [0.15, 0.2) is 15.8 Å². The molecule has 0 spiro atoms. The summed E-state index contributed by atoms with van der Waals surface area (Å²) in [7, 11) is -3.68. The molecule has 0 aromatic heterocycles. The van der Waals surface area contributed by atoms with Crippen LogP contribution in [0.5, 0.6) is 11.5 Å². The summed E-state index contributed by atoms with van der Waals surface area (Å²) in [6.07, 6.45) is 0.997. The number of nitrogens with two attached hydrogens (primary N) is 2. The van der Waals surface area contributed by atoms with Crippen LogP contribution >= 0.6 is 11.6 Å². The lowest BCUT2D eigenvalue weighted by atomic mass is 10.2. The van der Waals surface area contributed by atoms with E-state index in [1.807, 2.05) is 0 Å². The molecule has 2 aromatic rings. The molecule has 2 rings (SSSR count). The Morgan fingerprint density at radius 1 is 1.12 bits per heavy atom. The third kappa shape index (κ3) is 4.24. The summed E-state index contributed by atoms with van der Waals surface area (Å²) in [6, 6.07) is 10.4. The Morgan fingerprint density at radius 2 is 1.79 bits per heavy atom. The van der Waals surface area contributed by atoms with E-state index in [2.05, 4.69) is 4.99 Å².